The standard InChI is InChI=1S/C27H27N9O/c1-35-23-14-19(4-5-20(23)16-28-35)22-15-24(31-27(30-22)36-10-12-37-13-11-36)29-21-8-6-18(7-9-21)26-32-25(33-34-26)17-2-3-17/h4-9,14-17H,2-3,10-13H2,1H3,(H,29,30,31)(H,32,33,34). The third kappa shape index (κ3) is 4.40. The van der Waals surface area contributed by atoms with Crippen molar-refractivity contribution < 1.29 is 4.74 Å². The number of morpholine rings is 1. The maximum atomic E-state index is 5.55. The molecular weight excluding hydrogens is 466 g/mol. The maximum Gasteiger partial charge on any atom is 0.228 e. The quantitative estimate of drug-likeness (QED) is 0.361. The van der Waals surface area contributed by atoms with Crippen molar-refractivity contribution in [2.75, 3.05) is 36.5 Å². The van der Waals surface area contributed by atoms with Crippen molar-refractivity contribution in [2.24, 2.45) is 7.05 Å². The lowest BCUT2D eigenvalue weighted by Gasteiger charge is -2.27. The Balaban J connectivity index is 1.20. The van der Waals surface area contributed by atoms with Crippen molar-refractivity contribution in [3.05, 3.63) is 60.6 Å². The van der Waals surface area contributed by atoms with Gasteiger partial charge < -0.3 is 19.9 Å². The molecule has 4 heterocycles. The van der Waals surface area contributed by atoms with Crippen LogP contribution in [-0.4, -0.2) is 61.2 Å². The molecule has 2 aliphatic rings. The summed E-state index contributed by atoms with van der Waals surface area (Å²) in [5.41, 5.74) is 4.87. The molecule has 0 amide bonds. The topological polar surface area (TPSA) is 110 Å². The number of aromatic nitrogens is 7. The minimum Gasteiger partial charge on any atom is -0.378 e. The fourth-order valence-electron chi connectivity index (χ4n) is 4.66. The fourth-order valence-corrected chi connectivity index (χ4v) is 4.66. The Kier molecular flexibility index (Phi) is 5.32. The molecule has 3 aromatic heterocycles. The highest BCUT2D eigenvalue weighted by Crippen LogP contribution is 2.38. The van der Waals surface area contributed by atoms with Crippen LogP contribution in [0.1, 0.15) is 24.6 Å². The molecule has 186 valence electrons. The number of fused-ring (bicyclic) bond motifs is 1. The molecular formula is C27H27N9O. The molecule has 0 radical (unpaired) electrons. The molecule has 7 rings (SSSR count). The minimum atomic E-state index is 0.549. The highest BCUT2D eigenvalue weighted by Gasteiger charge is 2.27. The van der Waals surface area contributed by atoms with Crippen LogP contribution in [0.15, 0.2) is 54.7 Å². The first-order valence-corrected chi connectivity index (χ1v) is 12.6. The Morgan fingerprint density at radius 1 is 0.946 bits per heavy atom. The zero-order valence-corrected chi connectivity index (χ0v) is 20.6. The molecule has 1 saturated carbocycles. The van der Waals surface area contributed by atoms with Crippen molar-refractivity contribution in [1.29, 1.82) is 0 Å². The van der Waals surface area contributed by atoms with E-state index in [9.17, 15) is 0 Å². The van der Waals surface area contributed by atoms with Crippen molar-refractivity contribution >= 4 is 28.4 Å². The molecule has 0 unspecified atom stereocenters. The number of rotatable bonds is 6. The minimum absolute atomic E-state index is 0.549. The van der Waals surface area contributed by atoms with E-state index in [1.165, 1.54) is 12.8 Å². The Labute approximate surface area is 213 Å². The van der Waals surface area contributed by atoms with Crippen molar-refractivity contribution in [3.8, 4) is 22.6 Å². The number of aromatic amines is 1. The molecule has 2 aromatic carbocycles. The van der Waals surface area contributed by atoms with E-state index in [4.69, 9.17) is 14.7 Å². The molecule has 10 nitrogen and oxygen atoms in total. The van der Waals surface area contributed by atoms with Crippen LogP contribution in [0.2, 0.25) is 0 Å². The van der Waals surface area contributed by atoms with E-state index in [-0.39, 0.29) is 0 Å². The highest BCUT2D eigenvalue weighted by atomic mass is 16.5. The van der Waals surface area contributed by atoms with Crippen LogP contribution in [0.25, 0.3) is 33.5 Å². The van der Waals surface area contributed by atoms with E-state index >= 15 is 0 Å². The Hall–Kier alpha value is -4.31. The summed E-state index contributed by atoms with van der Waals surface area (Å²) in [5.74, 6) is 3.77. The van der Waals surface area contributed by atoms with Crippen LogP contribution in [0, 0.1) is 0 Å². The summed E-state index contributed by atoms with van der Waals surface area (Å²) in [5, 5.41) is 17.6. The predicted octanol–water partition coefficient (Wildman–Crippen LogP) is 4.27. The van der Waals surface area contributed by atoms with Gasteiger partial charge >= 0.3 is 0 Å². The average molecular weight is 494 g/mol. The second-order valence-corrected chi connectivity index (χ2v) is 9.62. The first-order chi connectivity index (χ1) is 18.2. The molecule has 2 N–H and O–H groups in total. The molecule has 5 aromatic rings. The zero-order chi connectivity index (χ0) is 24.8. The van der Waals surface area contributed by atoms with Gasteiger partial charge in [-0.05, 0) is 43.2 Å². The van der Waals surface area contributed by atoms with Gasteiger partial charge in [0.15, 0.2) is 5.82 Å². The maximum absolute atomic E-state index is 5.55. The number of nitrogens with zero attached hydrogens (tertiary/aromatic N) is 7. The van der Waals surface area contributed by atoms with Crippen LogP contribution < -0.4 is 10.2 Å². The molecule has 1 saturated heterocycles. The molecule has 0 bridgehead atoms. The summed E-state index contributed by atoms with van der Waals surface area (Å²) in [7, 11) is 1.95. The van der Waals surface area contributed by atoms with Gasteiger partial charge in [-0.1, -0.05) is 12.1 Å². The molecule has 1 aliphatic carbocycles. The normalized spacial score (nSPS) is 15.9. The lowest BCUT2D eigenvalue weighted by molar-refractivity contribution is 0.122. The Morgan fingerprint density at radius 3 is 2.57 bits per heavy atom. The molecule has 37 heavy (non-hydrogen) atoms. The first kappa shape index (κ1) is 21.9. The van der Waals surface area contributed by atoms with E-state index < -0.39 is 0 Å². The Morgan fingerprint density at radius 2 is 1.76 bits per heavy atom. The summed E-state index contributed by atoms with van der Waals surface area (Å²) in [6, 6.07) is 16.4. The van der Waals surface area contributed by atoms with Gasteiger partial charge in [0.05, 0.1) is 30.6 Å². The van der Waals surface area contributed by atoms with E-state index in [2.05, 4.69) is 48.7 Å². The smallest absolute Gasteiger partial charge is 0.228 e. The number of benzene rings is 2. The largest absolute Gasteiger partial charge is 0.378 e. The van der Waals surface area contributed by atoms with Crippen molar-refractivity contribution in [2.45, 2.75) is 18.8 Å². The zero-order valence-electron chi connectivity index (χ0n) is 20.6. The van der Waals surface area contributed by atoms with Gasteiger partial charge in [0, 0.05) is 54.3 Å². The SMILES string of the molecule is Cn1ncc2ccc(-c3cc(Nc4ccc(-c5nnc(C6CC6)[nH]5)cc4)nc(N4CCOCC4)n3)cc21. The monoisotopic (exact) mass is 493 g/mol. The van der Waals surface area contributed by atoms with Crippen LogP contribution in [0.5, 0.6) is 0 Å². The molecule has 10 heteroatoms. The number of nitrogens with one attached hydrogen (secondary N) is 2. The number of hydrogen-bond acceptors (Lipinski definition) is 8. The third-order valence-electron chi connectivity index (χ3n) is 6.95. The third-order valence-corrected chi connectivity index (χ3v) is 6.95. The van der Waals surface area contributed by atoms with Gasteiger partial charge in [-0.2, -0.15) is 10.1 Å². The van der Waals surface area contributed by atoms with Gasteiger partial charge in [-0.3, -0.25) is 4.68 Å². The summed E-state index contributed by atoms with van der Waals surface area (Å²) in [6.07, 6.45) is 4.27. The van der Waals surface area contributed by atoms with Crippen LogP contribution >= 0.6 is 0 Å². The summed E-state index contributed by atoms with van der Waals surface area (Å²) >= 11 is 0. The second-order valence-electron chi connectivity index (χ2n) is 9.62. The Bertz CT molecular complexity index is 1560. The lowest BCUT2D eigenvalue weighted by atomic mass is 10.1. The number of aryl methyl sites for hydroxylation is 1. The fraction of sp³-hybridized carbons (Fsp3) is 0.296. The van der Waals surface area contributed by atoms with Gasteiger partial charge in [-0.15, -0.1) is 10.2 Å². The summed E-state index contributed by atoms with van der Waals surface area (Å²) in [4.78, 5) is 15.3. The summed E-state index contributed by atoms with van der Waals surface area (Å²) < 4.78 is 7.43. The van der Waals surface area contributed by atoms with Gasteiger partial charge in [0.1, 0.15) is 11.6 Å². The predicted molar refractivity (Wildman–Crippen MR) is 142 cm³/mol. The first-order valence-electron chi connectivity index (χ1n) is 12.6. The number of anilines is 3. The van der Waals surface area contributed by atoms with Crippen LogP contribution in [-0.2, 0) is 11.8 Å². The highest BCUT2D eigenvalue weighted by molar-refractivity contribution is 5.84. The average Bonchev–Trinajstić information content (AvgIpc) is 3.56. The number of ether oxygens (including phenoxy) is 1. The van der Waals surface area contributed by atoms with Gasteiger partial charge in [-0.25, -0.2) is 4.98 Å². The van der Waals surface area contributed by atoms with E-state index in [1.54, 1.807) is 0 Å². The number of H-pyrrole nitrogens is 1. The van der Waals surface area contributed by atoms with E-state index in [1.807, 2.05) is 48.3 Å². The lowest BCUT2D eigenvalue weighted by Crippen LogP contribution is -2.37. The van der Waals surface area contributed by atoms with E-state index in [0.29, 0.717) is 25.1 Å². The van der Waals surface area contributed by atoms with Crippen LogP contribution in [0.4, 0.5) is 17.5 Å². The second kappa shape index (κ2) is 8.97. The van der Waals surface area contributed by atoms with Crippen molar-refractivity contribution in [1.82, 2.24) is 34.9 Å². The number of hydrogen-bond donors (Lipinski definition) is 2. The van der Waals surface area contributed by atoms with E-state index in [0.717, 1.165) is 64.0 Å². The molecule has 2 fully saturated rings. The molecule has 1 aliphatic heterocycles. The molecule has 0 atom stereocenters. The van der Waals surface area contributed by atoms with Gasteiger partial charge in [0.2, 0.25) is 5.95 Å². The molecule has 0 spiro atoms. The van der Waals surface area contributed by atoms with Crippen molar-refractivity contribution in [3.63, 3.8) is 0 Å². The summed E-state index contributed by atoms with van der Waals surface area (Å²) in [6.45, 7) is 2.86. The van der Waals surface area contributed by atoms with Crippen LogP contribution in [0.3, 0.4) is 0 Å². The van der Waals surface area contributed by atoms with Gasteiger partial charge in [0.25, 0.3) is 0 Å².